The van der Waals surface area contributed by atoms with Gasteiger partial charge in [0.1, 0.15) is 11.9 Å². The minimum Gasteiger partial charge on any atom is -0.497 e. The zero-order chi connectivity index (χ0) is 16.1. The molecule has 0 saturated carbocycles. The summed E-state index contributed by atoms with van der Waals surface area (Å²) in [5.41, 5.74) is 0.842. The van der Waals surface area contributed by atoms with E-state index >= 15 is 0 Å². The summed E-state index contributed by atoms with van der Waals surface area (Å²) in [5, 5.41) is 13.9. The van der Waals surface area contributed by atoms with Gasteiger partial charge in [0, 0.05) is 18.4 Å². The van der Waals surface area contributed by atoms with Crippen LogP contribution in [0.3, 0.4) is 0 Å². The van der Waals surface area contributed by atoms with Crippen LogP contribution >= 0.6 is 0 Å². The Hall–Kier alpha value is -2.67. The van der Waals surface area contributed by atoms with E-state index in [0.29, 0.717) is 18.2 Å². The number of hydrogen-bond acceptors (Lipinski definition) is 6. The van der Waals surface area contributed by atoms with Gasteiger partial charge in [0.15, 0.2) is 11.6 Å². The quantitative estimate of drug-likeness (QED) is 0.881. The van der Waals surface area contributed by atoms with Crippen molar-refractivity contribution in [1.29, 1.82) is 0 Å². The van der Waals surface area contributed by atoms with Crippen molar-refractivity contribution in [2.75, 3.05) is 24.4 Å². The van der Waals surface area contributed by atoms with E-state index in [4.69, 9.17) is 9.47 Å². The zero-order valence-corrected chi connectivity index (χ0v) is 12.8. The maximum absolute atomic E-state index is 11.9. The molecule has 1 aliphatic heterocycles. The van der Waals surface area contributed by atoms with Crippen molar-refractivity contribution < 1.29 is 14.3 Å². The van der Waals surface area contributed by atoms with Crippen LogP contribution in [0.1, 0.15) is 12.8 Å². The largest absolute Gasteiger partial charge is 0.497 e. The lowest BCUT2D eigenvalue weighted by Crippen LogP contribution is -2.27. The van der Waals surface area contributed by atoms with Gasteiger partial charge in [-0.2, -0.15) is 0 Å². The average molecular weight is 314 g/mol. The molecule has 0 bridgehead atoms. The van der Waals surface area contributed by atoms with Gasteiger partial charge >= 0.3 is 0 Å². The molecule has 1 aliphatic rings. The van der Waals surface area contributed by atoms with Gasteiger partial charge in [-0.1, -0.05) is 6.07 Å². The van der Waals surface area contributed by atoms with E-state index in [2.05, 4.69) is 20.8 Å². The highest BCUT2D eigenvalue weighted by Crippen LogP contribution is 2.20. The molecular weight excluding hydrogens is 296 g/mol. The lowest BCUT2D eigenvalue weighted by Gasteiger charge is -2.10. The summed E-state index contributed by atoms with van der Waals surface area (Å²) in [6.45, 7) is 0.632. The summed E-state index contributed by atoms with van der Waals surface area (Å²) in [7, 11) is 1.62. The third-order valence-corrected chi connectivity index (χ3v) is 3.48. The minimum atomic E-state index is -0.383. The standard InChI is InChI=1S/C16H18N4O3/c1-22-12-5-2-4-11(10-12)17-14-7-8-15(20-19-14)18-16(21)13-6-3-9-23-13/h2,4-5,7-8,10,13H,3,6,9H2,1H3,(H,17,19)(H,18,20,21). The van der Waals surface area contributed by atoms with Crippen LogP contribution in [-0.4, -0.2) is 35.9 Å². The van der Waals surface area contributed by atoms with Crippen molar-refractivity contribution >= 4 is 23.2 Å². The molecule has 1 fully saturated rings. The Morgan fingerprint density at radius 1 is 1.26 bits per heavy atom. The minimum absolute atomic E-state index is 0.176. The van der Waals surface area contributed by atoms with Crippen molar-refractivity contribution in [3.8, 4) is 5.75 Å². The summed E-state index contributed by atoms with van der Waals surface area (Å²) in [4.78, 5) is 11.9. The van der Waals surface area contributed by atoms with E-state index in [1.54, 1.807) is 19.2 Å². The molecule has 0 spiro atoms. The van der Waals surface area contributed by atoms with Crippen molar-refractivity contribution in [2.24, 2.45) is 0 Å². The molecule has 1 unspecified atom stereocenters. The number of amides is 1. The van der Waals surface area contributed by atoms with Crippen LogP contribution in [0.5, 0.6) is 5.75 Å². The van der Waals surface area contributed by atoms with Crippen molar-refractivity contribution in [1.82, 2.24) is 10.2 Å². The SMILES string of the molecule is COc1cccc(Nc2ccc(NC(=O)C3CCCO3)nn2)c1. The van der Waals surface area contributed by atoms with Crippen LogP contribution in [0.2, 0.25) is 0 Å². The van der Waals surface area contributed by atoms with E-state index in [9.17, 15) is 4.79 Å². The third-order valence-electron chi connectivity index (χ3n) is 3.48. The van der Waals surface area contributed by atoms with Crippen molar-refractivity contribution in [3.63, 3.8) is 0 Å². The maximum Gasteiger partial charge on any atom is 0.254 e. The molecule has 0 radical (unpaired) electrons. The summed E-state index contributed by atoms with van der Waals surface area (Å²) < 4.78 is 10.5. The van der Waals surface area contributed by atoms with Crippen LogP contribution in [0.4, 0.5) is 17.3 Å². The first-order valence-corrected chi connectivity index (χ1v) is 7.42. The van der Waals surface area contributed by atoms with E-state index in [1.807, 2.05) is 24.3 Å². The van der Waals surface area contributed by atoms with E-state index in [1.165, 1.54) is 0 Å². The number of aromatic nitrogens is 2. The molecule has 2 N–H and O–H groups in total. The number of nitrogens with one attached hydrogen (secondary N) is 2. The molecule has 2 heterocycles. The fourth-order valence-electron chi connectivity index (χ4n) is 2.31. The van der Waals surface area contributed by atoms with Crippen LogP contribution in [0, 0.1) is 0 Å². The highest BCUT2D eigenvalue weighted by atomic mass is 16.5. The molecule has 7 nitrogen and oxygen atoms in total. The highest BCUT2D eigenvalue weighted by molar-refractivity contribution is 5.93. The van der Waals surface area contributed by atoms with Crippen LogP contribution in [0.25, 0.3) is 0 Å². The van der Waals surface area contributed by atoms with E-state index < -0.39 is 0 Å². The van der Waals surface area contributed by atoms with Crippen LogP contribution in [0.15, 0.2) is 36.4 Å². The highest BCUT2D eigenvalue weighted by Gasteiger charge is 2.23. The predicted octanol–water partition coefficient (Wildman–Crippen LogP) is 2.35. The second kappa shape index (κ2) is 7.06. The number of nitrogens with zero attached hydrogens (tertiary/aromatic N) is 2. The molecule has 3 rings (SSSR count). The van der Waals surface area contributed by atoms with E-state index in [0.717, 1.165) is 24.3 Å². The predicted molar refractivity (Wildman–Crippen MR) is 85.9 cm³/mol. The number of ether oxygens (including phenoxy) is 2. The Morgan fingerprint density at radius 2 is 2.09 bits per heavy atom. The Kier molecular flexibility index (Phi) is 4.68. The lowest BCUT2D eigenvalue weighted by molar-refractivity contribution is -0.124. The number of rotatable bonds is 5. The summed E-state index contributed by atoms with van der Waals surface area (Å²) in [6, 6.07) is 10.9. The molecule has 1 saturated heterocycles. The molecule has 1 atom stereocenters. The van der Waals surface area contributed by atoms with Gasteiger partial charge < -0.3 is 20.1 Å². The molecule has 23 heavy (non-hydrogen) atoms. The van der Waals surface area contributed by atoms with Gasteiger partial charge in [-0.15, -0.1) is 10.2 Å². The van der Waals surface area contributed by atoms with Gasteiger partial charge in [0.05, 0.1) is 7.11 Å². The number of hydrogen-bond donors (Lipinski definition) is 2. The van der Waals surface area contributed by atoms with Gasteiger partial charge in [-0.25, -0.2) is 0 Å². The number of carbonyl (C=O) groups is 1. The van der Waals surface area contributed by atoms with E-state index in [-0.39, 0.29) is 12.0 Å². The fraction of sp³-hybridized carbons (Fsp3) is 0.312. The van der Waals surface area contributed by atoms with Crippen LogP contribution in [-0.2, 0) is 9.53 Å². The molecule has 1 aromatic heterocycles. The Balaban J connectivity index is 1.61. The van der Waals surface area contributed by atoms with Gasteiger partial charge in [0.25, 0.3) is 5.91 Å². The molecule has 120 valence electrons. The molecule has 1 aromatic carbocycles. The first-order chi connectivity index (χ1) is 11.2. The number of carbonyl (C=O) groups excluding carboxylic acids is 1. The molecular formula is C16H18N4O3. The van der Waals surface area contributed by atoms with Crippen molar-refractivity contribution in [2.45, 2.75) is 18.9 Å². The van der Waals surface area contributed by atoms with Gasteiger partial charge in [0.2, 0.25) is 0 Å². The van der Waals surface area contributed by atoms with Gasteiger partial charge in [-0.05, 0) is 37.1 Å². The summed E-state index contributed by atoms with van der Waals surface area (Å²) in [5.74, 6) is 1.56. The topological polar surface area (TPSA) is 85.4 Å². The average Bonchev–Trinajstić information content (AvgIpc) is 3.11. The summed E-state index contributed by atoms with van der Waals surface area (Å²) >= 11 is 0. The van der Waals surface area contributed by atoms with Crippen molar-refractivity contribution in [3.05, 3.63) is 36.4 Å². The fourth-order valence-corrected chi connectivity index (χ4v) is 2.31. The van der Waals surface area contributed by atoms with Crippen LogP contribution < -0.4 is 15.4 Å². The second-order valence-electron chi connectivity index (χ2n) is 5.15. The number of benzene rings is 1. The Morgan fingerprint density at radius 3 is 2.78 bits per heavy atom. The normalized spacial score (nSPS) is 16.8. The summed E-state index contributed by atoms with van der Waals surface area (Å²) in [6.07, 6.45) is 1.27. The number of methoxy groups -OCH3 is 1. The monoisotopic (exact) mass is 314 g/mol. The van der Waals surface area contributed by atoms with Gasteiger partial charge in [-0.3, -0.25) is 4.79 Å². The Labute approximate surface area is 134 Å². The maximum atomic E-state index is 11.9. The molecule has 1 amide bonds. The first-order valence-electron chi connectivity index (χ1n) is 7.42. The molecule has 2 aromatic rings. The smallest absolute Gasteiger partial charge is 0.254 e. The zero-order valence-electron chi connectivity index (χ0n) is 12.8. The molecule has 0 aliphatic carbocycles. The first kappa shape index (κ1) is 15.2. The number of anilines is 3. The second-order valence-corrected chi connectivity index (χ2v) is 5.15. The third kappa shape index (κ3) is 3.95. The Bertz CT molecular complexity index is 669. The molecule has 7 heteroatoms. The lowest BCUT2D eigenvalue weighted by atomic mass is 10.2.